The molecular weight excluding hydrogens is 509 g/mol. The van der Waals surface area contributed by atoms with E-state index in [0.717, 1.165) is 60.0 Å². The van der Waals surface area contributed by atoms with E-state index >= 15 is 0 Å². The molecule has 0 aliphatic carbocycles. The van der Waals surface area contributed by atoms with Gasteiger partial charge in [-0.3, -0.25) is 14.1 Å². The number of hydrogen-bond acceptors (Lipinski definition) is 5. The Morgan fingerprint density at radius 3 is 2.20 bits per heavy atom. The van der Waals surface area contributed by atoms with Crippen molar-refractivity contribution in [1.29, 1.82) is 0 Å². The largest absolute Gasteiger partial charge is 0.508 e. The minimum Gasteiger partial charge on any atom is -0.508 e. The normalized spacial score (nSPS) is 12.8. The van der Waals surface area contributed by atoms with E-state index < -0.39 is 5.97 Å². The smallest absolute Gasteiger partial charge is 0.300 e. The fourth-order valence-corrected chi connectivity index (χ4v) is 4.33. The van der Waals surface area contributed by atoms with Crippen molar-refractivity contribution in [3.05, 3.63) is 84.4 Å². The third kappa shape index (κ3) is 8.45. The Balaban J connectivity index is 0.000000677. The number of fused-ring (bicyclic) bond motifs is 1. The van der Waals surface area contributed by atoms with E-state index in [1.54, 1.807) is 12.1 Å². The number of phenols is 1. The van der Waals surface area contributed by atoms with Gasteiger partial charge in [0.05, 0.1) is 6.67 Å². The van der Waals surface area contributed by atoms with Crippen LogP contribution >= 0.6 is 0 Å². The molecule has 0 atom stereocenters. The highest BCUT2D eigenvalue weighted by Crippen LogP contribution is 2.40. The molecule has 6 nitrogen and oxygen atoms in total. The number of likely N-dealkylation sites (tertiary alicyclic amines) is 1. The van der Waals surface area contributed by atoms with Gasteiger partial charge in [0.2, 0.25) is 0 Å². The molecule has 0 amide bonds. The first-order valence-electron chi connectivity index (χ1n) is 13.5. The number of benzene rings is 4. The summed E-state index contributed by atoms with van der Waals surface area (Å²) in [4.78, 5) is 11.2. The molecule has 1 fully saturated rings. The number of halogens is 1. The van der Waals surface area contributed by atoms with Crippen LogP contribution < -0.4 is 9.47 Å². The number of aliphatic carboxylic acids is 1. The van der Waals surface area contributed by atoms with Crippen molar-refractivity contribution in [3.63, 3.8) is 0 Å². The number of carbonyl (C=O) groups is 1. The zero-order chi connectivity index (χ0) is 29.1. The summed E-state index contributed by atoms with van der Waals surface area (Å²) >= 11 is 0. The number of aromatic hydroxyl groups is 1. The molecule has 5 rings (SSSR count). The van der Waals surface area contributed by atoms with Crippen LogP contribution in [0.4, 0.5) is 4.39 Å². The quantitative estimate of drug-likeness (QED) is 0.235. The molecule has 1 saturated heterocycles. The van der Waals surface area contributed by atoms with Gasteiger partial charge in [0.1, 0.15) is 29.6 Å². The summed E-state index contributed by atoms with van der Waals surface area (Å²) in [7, 11) is 0. The van der Waals surface area contributed by atoms with Crippen LogP contribution in [0.2, 0.25) is 0 Å². The molecular formula is C33H38FNO5. The number of ether oxygens (including phenoxy) is 2. The summed E-state index contributed by atoms with van der Waals surface area (Å²) < 4.78 is 24.8. The van der Waals surface area contributed by atoms with Crippen molar-refractivity contribution in [2.45, 2.75) is 27.7 Å². The number of hydrogen-bond donors (Lipinski definition) is 2. The number of aryl methyl sites for hydroxylation is 1. The lowest BCUT2D eigenvalue weighted by Crippen LogP contribution is -2.49. The predicted octanol–water partition coefficient (Wildman–Crippen LogP) is 7.71. The third-order valence-corrected chi connectivity index (χ3v) is 6.29. The summed E-state index contributed by atoms with van der Waals surface area (Å²) in [5.41, 5.74) is 3.25. The van der Waals surface area contributed by atoms with Gasteiger partial charge in [-0.15, -0.1) is 0 Å². The minimum absolute atomic E-state index is 0.194. The summed E-state index contributed by atoms with van der Waals surface area (Å²) in [5, 5.41) is 19.2. The topological polar surface area (TPSA) is 79.2 Å². The molecule has 1 aliphatic heterocycles. The van der Waals surface area contributed by atoms with Crippen LogP contribution in [0, 0.1) is 12.8 Å². The Morgan fingerprint density at radius 2 is 1.57 bits per heavy atom. The second kappa shape index (κ2) is 14.9. The van der Waals surface area contributed by atoms with Crippen LogP contribution in [-0.4, -0.2) is 54.0 Å². The minimum atomic E-state index is -0.833. The standard InChI is InChI=1S/C29H28FNO3.C2H4O2.C2H6/c1-20-2-4-22(5-3-20)27-12-6-23-16-24(32)7-13-28(23)29(27)34-26-10-8-25(9-11-26)33-15-14-31-18-21(17-30)19-31;1-2(3)4;1-2/h2-13,16,21,32H,14-15,17-19H2,1H3;1H3,(H,3,4);1-2H3. The van der Waals surface area contributed by atoms with E-state index in [1.807, 2.05) is 56.3 Å². The van der Waals surface area contributed by atoms with Gasteiger partial charge in [0.25, 0.3) is 5.97 Å². The van der Waals surface area contributed by atoms with Crippen LogP contribution in [-0.2, 0) is 4.79 Å². The second-order valence-corrected chi connectivity index (χ2v) is 9.43. The summed E-state index contributed by atoms with van der Waals surface area (Å²) in [5.74, 6) is 1.81. The molecule has 0 spiro atoms. The first-order chi connectivity index (χ1) is 19.3. The van der Waals surface area contributed by atoms with Crippen LogP contribution in [0.3, 0.4) is 0 Å². The zero-order valence-electron chi connectivity index (χ0n) is 23.6. The molecule has 0 unspecified atom stereocenters. The predicted molar refractivity (Wildman–Crippen MR) is 158 cm³/mol. The van der Waals surface area contributed by atoms with E-state index in [2.05, 4.69) is 36.1 Å². The second-order valence-electron chi connectivity index (χ2n) is 9.43. The van der Waals surface area contributed by atoms with Gasteiger partial charge in [-0.1, -0.05) is 49.7 Å². The Bertz CT molecular complexity index is 1360. The van der Waals surface area contributed by atoms with Gasteiger partial charge < -0.3 is 19.7 Å². The molecule has 4 aromatic carbocycles. The van der Waals surface area contributed by atoms with Crippen molar-refractivity contribution in [2.24, 2.45) is 5.92 Å². The molecule has 1 heterocycles. The molecule has 0 saturated carbocycles. The first-order valence-corrected chi connectivity index (χ1v) is 13.5. The number of phenolic OH excluding ortho intramolecular Hbond substituents is 1. The highest BCUT2D eigenvalue weighted by molar-refractivity contribution is 5.96. The average Bonchev–Trinajstić information content (AvgIpc) is 2.92. The monoisotopic (exact) mass is 547 g/mol. The fraction of sp³-hybridized carbons (Fsp3) is 0.303. The van der Waals surface area contributed by atoms with Crippen molar-refractivity contribution in [1.82, 2.24) is 4.90 Å². The summed E-state index contributed by atoms with van der Waals surface area (Å²) in [6.07, 6.45) is 0. The van der Waals surface area contributed by atoms with Gasteiger partial charge in [-0.05, 0) is 66.4 Å². The maximum atomic E-state index is 12.6. The Kier molecular flexibility index (Phi) is 11.3. The maximum absolute atomic E-state index is 12.6. The van der Waals surface area contributed by atoms with Crippen molar-refractivity contribution >= 4 is 16.7 Å². The van der Waals surface area contributed by atoms with Crippen molar-refractivity contribution in [2.75, 3.05) is 32.9 Å². The maximum Gasteiger partial charge on any atom is 0.300 e. The van der Waals surface area contributed by atoms with Gasteiger partial charge in [-0.25, -0.2) is 0 Å². The molecule has 0 bridgehead atoms. The number of rotatable bonds is 8. The lowest BCUT2D eigenvalue weighted by molar-refractivity contribution is -0.134. The molecule has 0 radical (unpaired) electrons. The number of alkyl halides is 1. The molecule has 1 aliphatic rings. The van der Waals surface area contributed by atoms with E-state index in [1.165, 1.54) is 5.56 Å². The van der Waals surface area contributed by atoms with Crippen molar-refractivity contribution in [3.8, 4) is 34.1 Å². The number of nitrogens with zero attached hydrogens (tertiary/aromatic N) is 1. The van der Waals surface area contributed by atoms with Gasteiger partial charge >= 0.3 is 0 Å². The fourth-order valence-electron chi connectivity index (χ4n) is 4.33. The Labute approximate surface area is 235 Å². The first kappa shape index (κ1) is 30.4. The number of carboxylic acids is 1. The number of carboxylic acid groups (broad SMARTS) is 1. The summed E-state index contributed by atoms with van der Waals surface area (Å²) in [6.45, 7) is 9.93. The lowest BCUT2D eigenvalue weighted by atomic mass is 9.98. The van der Waals surface area contributed by atoms with Crippen LogP contribution in [0.25, 0.3) is 21.9 Å². The van der Waals surface area contributed by atoms with Crippen LogP contribution in [0.5, 0.6) is 23.0 Å². The SMILES string of the molecule is CC.CC(=O)O.Cc1ccc(-c2ccc3cc(O)ccc3c2Oc2ccc(OCCN3CC(CF)C3)cc2)cc1. The molecule has 7 heteroatoms. The molecule has 2 N–H and O–H groups in total. The van der Waals surface area contributed by atoms with Crippen LogP contribution in [0.1, 0.15) is 26.3 Å². The lowest BCUT2D eigenvalue weighted by Gasteiger charge is -2.37. The molecule has 0 aromatic heterocycles. The molecule has 40 heavy (non-hydrogen) atoms. The molecule has 212 valence electrons. The van der Waals surface area contributed by atoms with E-state index in [9.17, 15) is 9.50 Å². The van der Waals surface area contributed by atoms with E-state index in [4.69, 9.17) is 19.4 Å². The van der Waals surface area contributed by atoms with Gasteiger partial charge in [-0.2, -0.15) is 0 Å². The third-order valence-electron chi connectivity index (χ3n) is 6.29. The highest BCUT2D eigenvalue weighted by Gasteiger charge is 2.25. The summed E-state index contributed by atoms with van der Waals surface area (Å²) in [6, 6.07) is 25.3. The van der Waals surface area contributed by atoms with E-state index in [0.29, 0.717) is 12.4 Å². The van der Waals surface area contributed by atoms with Gasteiger partial charge in [0.15, 0.2) is 0 Å². The highest BCUT2D eigenvalue weighted by atomic mass is 19.1. The van der Waals surface area contributed by atoms with Gasteiger partial charge in [0, 0.05) is 43.4 Å². The van der Waals surface area contributed by atoms with E-state index in [-0.39, 0.29) is 18.3 Å². The Morgan fingerprint density at radius 1 is 0.950 bits per heavy atom. The van der Waals surface area contributed by atoms with Crippen molar-refractivity contribution < 1.29 is 28.9 Å². The zero-order valence-corrected chi connectivity index (χ0v) is 23.6. The average molecular weight is 548 g/mol. The molecule has 4 aromatic rings. The van der Waals surface area contributed by atoms with Crippen LogP contribution in [0.15, 0.2) is 78.9 Å². The Hall–Kier alpha value is -4.10.